The van der Waals surface area contributed by atoms with Crippen molar-refractivity contribution in [1.29, 1.82) is 0 Å². The Hall–Kier alpha value is -1.95. The van der Waals surface area contributed by atoms with E-state index in [4.69, 9.17) is 16.1 Å². The molecule has 6 nitrogen and oxygen atoms in total. The molecule has 0 fully saturated rings. The minimum atomic E-state index is -0.204. The summed E-state index contributed by atoms with van der Waals surface area (Å²) >= 11 is 5.99. The number of hydrogen-bond donors (Lipinski definition) is 1. The molecule has 2 aromatic heterocycles. The van der Waals surface area contributed by atoms with Gasteiger partial charge in [-0.25, -0.2) is 4.98 Å². The first kappa shape index (κ1) is 15.4. The number of amides is 1. The van der Waals surface area contributed by atoms with Gasteiger partial charge in [0.05, 0.1) is 0 Å². The Bertz CT molecular complexity index is 620. The maximum atomic E-state index is 12.1. The average molecular weight is 309 g/mol. The van der Waals surface area contributed by atoms with Crippen molar-refractivity contribution in [2.24, 2.45) is 0 Å². The van der Waals surface area contributed by atoms with E-state index >= 15 is 0 Å². The van der Waals surface area contributed by atoms with E-state index in [9.17, 15) is 4.79 Å². The van der Waals surface area contributed by atoms with Gasteiger partial charge in [0, 0.05) is 29.6 Å². The quantitative estimate of drug-likeness (QED) is 0.877. The van der Waals surface area contributed by atoms with Gasteiger partial charge >= 0.3 is 0 Å². The summed E-state index contributed by atoms with van der Waals surface area (Å²) in [5.41, 5.74) is 1.09. The van der Waals surface area contributed by atoms with Crippen molar-refractivity contribution in [3.05, 3.63) is 40.8 Å². The van der Waals surface area contributed by atoms with Gasteiger partial charge in [-0.2, -0.15) is 4.98 Å². The maximum Gasteiger partial charge on any atom is 0.251 e. The molecular formula is C14H17ClN4O2. The van der Waals surface area contributed by atoms with Crippen LogP contribution in [0.4, 0.5) is 0 Å². The monoisotopic (exact) mass is 308 g/mol. The Morgan fingerprint density at radius 1 is 1.38 bits per heavy atom. The van der Waals surface area contributed by atoms with Crippen molar-refractivity contribution in [3.8, 4) is 0 Å². The van der Waals surface area contributed by atoms with Crippen LogP contribution in [0.1, 0.15) is 42.7 Å². The van der Waals surface area contributed by atoms with Gasteiger partial charge in [0.2, 0.25) is 5.89 Å². The fourth-order valence-electron chi connectivity index (χ4n) is 1.70. The summed E-state index contributed by atoms with van der Waals surface area (Å²) in [4.78, 5) is 20.3. The average Bonchev–Trinajstić information content (AvgIpc) is 2.90. The third-order valence-electron chi connectivity index (χ3n) is 2.86. The Labute approximate surface area is 127 Å². The molecule has 0 saturated heterocycles. The number of nitrogens with one attached hydrogen (secondary N) is 1. The highest BCUT2D eigenvalue weighted by Gasteiger charge is 2.18. The Morgan fingerprint density at radius 3 is 2.76 bits per heavy atom. The molecule has 7 heteroatoms. The summed E-state index contributed by atoms with van der Waals surface area (Å²) in [5.74, 6) is 0.280. The first-order chi connectivity index (χ1) is 9.86. The largest absolute Gasteiger partial charge is 0.352 e. The zero-order valence-electron chi connectivity index (χ0n) is 12.2. The van der Waals surface area contributed by atoms with Crippen molar-refractivity contribution in [2.45, 2.75) is 32.6 Å². The van der Waals surface area contributed by atoms with E-state index in [2.05, 4.69) is 20.4 Å². The second-order valence-corrected chi connectivity index (χ2v) is 6.04. The van der Waals surface area contributed by atoms with Crippen molar-refractivity contribution in [3.63, 3.8) is 0 Å². The van der Waals surface area contributed by atoms with E-state index in [0.717, 1.165) is 5.69 Å². The number of hydrogen-bond acceptors (Lipinski definition) is 5. The molecule has 0 aromatic carbocycles. The van der Waals surface area contributed by atoms with Crippen LogP contribution in [0.3, 0.4) is 0 Å². The molecule has 0 saturated carbocycles. The molecular weight excluding hydrogens is 292 g/mol. The van der Waals surface area contributed by atoms with Gasteiger partial charge in [0.15, 0.2) is 6.33 Å². The molecule has 0 aliphatic carbocycles. The number of nitrogens with zero attached hydrogens (tertiary/aromatic N) is 3. The first-order valence-electron chi connectivity index (χ1n) is 6.58. The smallest absolute Gasteiger partial charge is 0.251 e. The summed E-state index contributed by atoms with van der Waals surface area (Å²) < 4.78 is 4.86. The van der Waals surface area contributed by atoms with Gasteiger partial charge in [0.1, 0.15) is 5.15 Å². The summed E-state index contributed by atoms with van der Waals surface area (Å²) in [5, 5.41) is 6.60. The SMILES string of the molecule is CC(C)(C)c1cc(C(=O)NCCc2ncno2)cc(Cl)n1. The molecule has 21 heavy (non-hydrogen) atoms. The second kappa shape index (κ2) is 6.22. The van der Waals surface area contributed by atoms with Crippen molar-refractivity contribution < 1.29 is 9.32 Å². The topological polar surface area (TPSA) is 80.9 Å². The molecule has 0 atom stereocenters. The Morgan fingerprint density at radius 2 is 2.14 bits per heavy atom. The van der Waals surface area contributed by atoms with Crippen LogP contribution < -0.4 is 5.32 Å². The van der Waals surface area contributed by atoms with E-state index in [1.807, 2.05) is 20.8 Å². The molecule has 0 unspecified atom stereocenters. The molecule has 0 bridgehead atoms. The number of carbonyl (C=O) groups is 1. The minimum absolute atomic E-state index is 0.177. The fourth-order valence-corrected chi connectivity index (χ4v) is 1.91. The molecule has 2 rings (SSSR count). The van der Waals surface area contributed by atoms with E-state index < -0.39 is 0 Å². The number of rotatable bonds is 4. The maximum absolute atomic E-state index is 12.1. The van der Waals surface area contributed by atoms with Crippen LogP contribution in [0, 0.1) is 0 Å². The summed E-state index contributed by atoms with van der Waals surface area (Å²) in [7, 11) is 0. The van der Waals surface area contributed by atoms with Crippen LogP contribution >= 0.6 is 11.6 Å². The highest BCUT2D eigenvalue weighted by atomic mass is 35.5. The highest BCUT2D eigenvalue weighted by Crippen LogP contribution is 2.23. The first-order valence-corrected chi connectivity index (χ1v) is 6.96. The molecule has 0 aliphatic rings. The van der Waals surface area contributed by atoms with Crippen LogP contribution in [-0.4, -0.2) is 27.6 Å². The third-order valence-corrected chi connectivity index (χ3v) is 3.05. The lowest BCUT2D eigenvalue weighted by Gasteiger charge is -2.18. The zero-order valence-corrected chi connectivity index (χ0v) is 12.9. The molecule has 2 heterocycles. The number of pyridine rings is 1. The Balaban J connectivity index is 2.03. The fraction of sp³-hybridized carbons (Fsp3) is 0.429. The van der Waals surface area contributed by atoms with Gasteiger partial charge < -0.3 is 9.84 Å². The molecule has 2 aromatic rings. The molecule has 1 amide bonds. The van der Waals surface area contributed by atoms with E-state index in [1.54, 1.807) is 12.1 Å². The molecule has 112 valence electrons. The number of aromatic nitrogens is 3. The molecule has 0 radical (unpaired) electrons. The van der Waals surface area contributed by atoms with E-state index in [0.29, 0.717) is 29.6 Å². The van der Waals surface area contributed by atoms with Crippen molar-refractivity contribution in [1.82, 2.24) is 20.4 Å². The van der Waals surface area contributed by atoms with Gasteiger partial charge in [-0.15, -0.1) is 0 Å². The minimum Gasteiger partial charge on any atom is -0.352 e. The number of carbonyl (C=O) groups excluding carboxylic acids is 1. The van der Waals surface area contributed by atoms with E-state index in [1.165, 1.54) is 6.33 Å². The van der Waals surface area contributed by atoms with Crippen LogP contribution in [0.5, 0.6) is 0 Å². The summed E-state index contributed by atoms with van der Waals surface area (Å²) in [6.07, 6.45) is 1.81. The molecule has 0 spiro atoms. The zero-order chi connectivity index (χ0) is 15.5. The summed E-state index contributed by atoms with van der Waals surface area (Å²) in [6, 6.07) is 3.31. The van der Waals surface area contributed by atoms with Crippen molar-refractivity contribution >= 4 is 17.5 Å². The van der Waals surface area contributed by atoms with Gasteiger partial charge in [0.25, 0.3) is 5.91 Å². The lowest BCUT2D eigenvalue weighted by molar-refractivity contribution is 0.0953. The predicted octanol–water partition coefficient (Wildman–Crippen LogP) is 2.39. The van der Waals surface area contributed by atoms with Crippen LogP contribution in [0.2, 0.25) is 5.15 Å². The van der Waals surface area contributed by atoms with Crippen LogP contribution in [0.25, 0.3) is 0 Å². The van der Waals surface area contributed by atoms with Crippen molar-refractivity contribution in [2.75, 3.05) is 6.54 Å². The van der Waals surface area contributed by atoms with Gasteiger partial charge in [-0.1, -0.05) is 37.5 Å². The standard InChI is InChI=1S/C14H17ClN4O2/c1-14(2,3)10-6-9(7-11(15)19-10)13(20)16-5-4-12-17-8-18-21-12/h6-8H,4-5H2,1-3H3,(H,16,20). The predicted molar refractivity (Wildman–Crippen MR) is 78.3 cm³/mol. The normalized spacial score (nSPS) is 11.4. The number of halogens is 1. The molecule has 1 N–H and O–H groups in total. The highest BCUT2D eigenvalue weighted by molar-refractivity contribution is 6.29. The lowest BCUT2D eigenvalue weighted by atomic mass is 9.91. The Kier molecular flexibility index (Phi) is 4.57. The second-order valence-electron chi connectivity index (χ2n) is 5.65. The van der Waals surface area contributed by atoms with Gasteiger partial charge in [-0.05, 0) is 12.1 Å². The van der Waals surface area contributed by atoms with E-state index in [-0.39, 0.29) is 11.3 Å². The lowest BCUT2D eigenvalue weighted by Crippen LogP contribution is -2.26. The van der Waals surface area contributed by atoms with Crippen LogP contribution in [0.15, 0.2) is 23.0 Å². The van der Waals surface area contributed by atoms with Crippen LogP contribution in [-0.2, 0) is 11.8 Å². The van der Waals surface area contributed by atoms with Gasteiger partial charge in [-0.3, -0.25) is 4.79 Å². The molecule has 0 aliphatic heterocycles. The summed E-state index contributed by atoms with van der Waals surface area (Å²) in [6.45, 7) is 6.46. The third kappa shape index (κ3) is 4.26.